The molecule has 4 heterocycles. The highest BCUT2D eigenvalue weighted by atomic mass is 32.1. The zero-order chi connectivity index (χ0) is 30.8. The molecular formula is C33H37N7O3S. The van der Waals surface area contributed by atoms with E-state index in [1.807, 2.05) is 37.5 Å². The Morgan fingerprint density at radius 1 is 1.20 bits per heavy atom. The smallest absolute Gasteiger partial charge is 0.268 e. The van der Waals surface area contributed by atoms with Crippen LogP contribution in [0.2, 0.25) is 0 Å². The van der Waals surface area contributed by atoms with Crippen LogP contribution in [-0.2, 0) is 17.9 Å². The van der Waals surface area contributed by atoms with Crippen molar-refractivity contribution < 1.29 is 14.0 Å². The predicted molar refractivity (Wildman–Crippen MR) is 170 cm³/mol. The molecule has 11 heteroatoms. The number of oxazole rings is 1. The highest BCUT2D eigenvalue weighted by molar-refractivity contribution is 7.17. The molecule has 10 nitrogen and oxygen atoms in total. The Kier molecular flexibility index (Phi) is 8.38. The molecular weight excluding hydrogens is 574 g/mol. The number of likely N-dealkylation sites (tertiary alicyclic amines) is 1. The van der Waals surface area contributed by atoms with Crippen LogP contribution in [0.3, 0.4) is 0 Å². The van der Waals surface area contributed by atoms with Gasteiger partial charge in [-0.25, -0.2) is 9.97 Å². The van der Waals surface area contributed by atoms with Crippen LogP contribution in [0.15, 0.2) is 59.0 Å². The summed E-state index contributed by atoms with van der Waals surface area (Å²) in [4.78, 5) is 38.9. The first kappa shape index (κ1) is 29.8. The number of nitrogens with one attached hydrogen (secondary N) is 2. The van der Waals surface area contributed by atoms with Gasteiger partial charge in [-0.15, -0.1) is 11.3 Å². The molecule has 0 spiro atoms. The number of hydrogen-bond acceptors (Lipinski definition) is 8. The summed E-state index contributed by atoms with van der Waals surface area (Å²) < 4.78 is 7.39. The van der Waals surface area contributed by atoms with Gasteiger partial charge in [0.05, 0.1) is 33.0 Å². The SMILES string of the molecule is CC(C)(C)C=C(C#N)C(=O)N1CCCC1Cn1c(NC(=O)c2ccc(-c3cnco3)s2)nc2cc(CNCC3CC3)ccc21. The lowest BCUT2D eigenvalue weighted by atomic mass is 9.93. The summed E-state index contributed by atoms with van der Waals surface area (Å²) in [6.07, 6.45) is 8.96. The van der Waals surface area contributed by atoms with Crippen molar-refractivity contribution in [3.63, 3.8) is 0 Å². The second kappa shape index (κ2) is 12.4. The number of thiophene rings is 1. The van der Waals surface area contributed by atoms with Crippen molar-refractivity contribution in [2.75, 3.05) is 18.4 Å². The Labute approximate surface area is 260 Å². The number of hydrogen-bond donors (Lipinski definition) is 2. The average molecular weight is 612 g/mol. The topological polar surface area (TPSA) is 129 Å². The summed E-state index contributed by atoms with van der Waals surface area (Å²) in [5, 5.41) is 16.4. The van der Waals surface area contributed by atoms with Crippen molar-refractivity contribution in [2.45, 2.75) is 65.6 Å². The minimum absolute atomic E-state index is 0.146. The number of fused-ring (bicyclic) bond motifs is 1. The first-order chi connectivity index (χ1) is 21.2. The molecule has 1 saturated heterocycles. The standard InChI is InChI=1S/C33H37N7O3S/c1-33(2,3)14-23(15-34)31(42)39-12-4-5-24(39)19-40-26-9-8-22(17-35-16-21-6-7-21)13-25(26)37-32(40)38-30(41)29-11-10-28(44-29)27-18-36-20-43-27/h8-11,13-14,18,20-21,24,35H,4-7,12,16-17,19H2,1-3H3,(H,37,38,41). The highest BCUT2D eigenvalue weighted by Gasteiger charge is 2.33. The molecule has 1 atom stereocenters. The van der Waals surface area contributed by atoms with E-state index in [9.17, 15) is 14.9 Å². The maximum absolute atomic E-state index is 13.5. The molecule has 1 aromatic carbocycles. The van der Waals surface area contributed by atoms with Crippen molar-refractivity contribution in [3.8, 4) is 16.7 Å². The zero-order valence-corrected chi connectivity index (χ0v) is 26.1. The number of carbonyl (C=O) groups is 2. The summed E-state index contributed by atoms with van der Waals surface area (Å²) in [6, 6.07) is 11.8. The number of benzene rings is 1. The van der Waals surface area contributed by atoms with Crippen LogP contribution in [0.5, 0.6) is 0 Å². The lowest BCUT2D eigenvalue weighted by Gasteiger charge is -2.26. The van der Waals surface area contributed by atoms with Gasteiger partial charge in [0.1, 0.15) is 11.6 Å². The molecule has 44 heavy (non-hydrogen) atoms. The number of aromatic nitrogens is 3. The van der Waals surface area contributed by atoms with Crippen molar-refractivity contribution in [2.24, 2.45) is 11.3 Å². The lowest BCUT2D eigenvalue weighted by molar-refractivity contribution is -0.127. The maximum atomic E-state index is 13.5. The Bertz CT molecular complexity index is 1730. The summed E-state index contributed by atoms with van der Waals surface area (Å²) in [5.41, 5.74) is 2.65. The Hall–Kier alpha value is -4.27. The van der Waals surface area contributed by atoms with E-state index in [1.54, 1.807) is 23.2 Å². The molecule has 228 valence electrons. The third-order valence-corrected chi connectivity index (χ3v) is 9.06. The largest absolute Gasteiger partial charge is 0.443 e. The van der Waals surface area contributed by atoms with Crippen molar-refractivity contribution in [3.05, 3.63) is 65.0 Å². The van der Waals surface area contributed by atoms with Crippen LogP contribution < -0.4 is 10.6 Å². The van der Waals surface area contributed by atoms with Gasteiger partial charge in [0.15, 0.2) is 12.2 Å². The van der Waals surface area contributed by atoms with Gasteiger partial charge in [0.25, 0.3) is 11.8 Å². The molecule has 1 aliphatic carbocycles. The van der Waals surface area contributed by atoms with Gasteiger partial charge >= 0.3 is 0 Å². The molecule has 1 saturated carbocycles. The molecule has 1 unspecified atom stereocenters. The third-order valence-electron chi connectivity index (χ3n) is 7.96. The molecule has 2 amide bonds. The maximum Gasteiger partial charge on any atom is 0.268 e. The second-order valence-electron chi connectivity index (χ2n) is 12.8. The van der Waals surface area contributed by atoms with Crippen molar-refractivity contribution in [1.82, 2.24) is 24.8 Å². The number of carbonyl (C=O) groups excluding carboxylic acids is 2. The van der Waals surface area contributed by atoms with Crippen LogP contribution in [-0.4, -0.2) is 50.4 Å². The number of nitriles is 1. The van der Waals surface area contributed by atoms with Crippen LogP contribution in [0.4, 0.5) is 5.95 Å². The zero-order valence-electron chi connectivity index (χ0n) is 25.3. The minimum atomic E-state index is -0.297. The molecule has 3 aromatic heterocycles. The van der Waals surface area contributed by atoms with Gasteiger partial charge in [-0.05, 0) is 73.4 Å². The normalized spacial score (nSPS) is 17.3. The Morgan fingerprint density at radius 2 is 2.05 bits per heavy atom. The Balaban J connectivity index is 1.28. The fourth-order valence-corrected chi connectivity index (χ4v) is 6.49. The predicted octanol–water partition coefficient (Wildman–Crippen LogP) is 5.99. The van der Waals surface area contributed by atoms with Crippen LogP contribution in [0.1, 0.15) is 61.7 Å². The van der Waals surface area contributed by atoms with Gasteiger partial charge in [-0.1, -0.05) is 32.9 Å². The second-order valence-corrected chi connectivity index (χ2v) is 13.8. The van der Waals surface area contributed by atoms with Gasteiger partial charge in [-0.2, -0.15) is 5.26 Å². The monoisotopic (exact) mass is 611 g/mol. The van der Waals surface area contributed by atoms with Crippen molar-refractivity contribution in [1.29, 1.82) is 5.26 Å². The lowest BCUT2D eigenvalue weighted by Crippen LogP contribution is -2.39. The highest BCUT2D eigenvalue weighted by Crippen LogP contribution is 2.31. The quantitative estimate of drug-likeness (QED) is 0.166. The number of nitrogens with zero attached hydrogens (tertiary/aromatic N) is 5. The van der Waals surface area contributed by atoms with E-state index in [0.717, 1.165) is 53.3 Å². The number of amides is 2. The molecule has 4 aromatic rings. The molecule has 1 aliphatic heterocycles. The van der Waals surface area contributed by atoms with Crippen molar-refractivity contribution >= 4 is 40.1 Å². The summed E-state index contributed by atoms with van der Waals surface area (Å²) in [5.74, 6) is 1.30. The first-order valence-corrected chi connectivity index (χ1v) is 15.9. The Morgan fingerprint density at radius 3 is 2.77 bits per heavy atom. The van der Waals surface area contributed by atoms with E-state index in [0.29, 0.717) is 29.7 Å². The third kappa shape index (κ3) is 6.77. The number of imidazole rings is 1. The summed E-state index contributed by atoms with van der Waals surface area (Å²) in [6.45, 7) is 8.72. The molecule has 2 aliphatic rings. The van der Waals surface area contributed by atoms with Gasteiger partial charge in [0.2, 0.25) is 5.95 Å². The van der Waals surface area contributed by atoms with Crippen LogP contribution >= 0.6 is 11.3 Å². The van der Waals surface area contributed by atoms with E-state index in [2.05, 4.69) is 33.8 Å². The van der Waals surface area contributed by atoms with Gasteiger partial charge in [-0.3, -0.25) is 14.9 Å². The number of allylic oxidation sites excluding steroid dienone is 1. The molecule has 0 radical (unpaired) electrons. The molecule has 2 N–H and O–H groups in total. The van der Waals surface area contributed by atoms with Crippen LogP contribution in [0.25, 0.3) is 21.7 Å². The molecule has 2 fully saturated rings. The molecule has 6 rings (SSSR count). The van der Waals surface area contributed by atoms with E-state index in [1.165, 1.54) is 30.6 Å². The van der Waals surface area contributed by atoms with Gasteiger partial charge < -0.3 is 19.2 Å². The fraction of sp³-hybridized carbons (Fsp3) is 0.424. The first-order valence-electron chi connectivity index (χ1n) is 15.1. The van der Waals surface area contributed by atoms with Gasteiger partial charge in [0, 0.05) is 19.6 Å². The number of anilines is 1. The summed E-state index contributed by atoms with van der Waals surface area (Å²) >= 11 is 1.32. The van der Waals surface area contributed by atoms with E-state index < -0.39 is 0 Å². The number of rotatable bonds is 10. The van der Waals surface area contributed by atoms with Crippen LogP contribution in [0, 0.1) is 22.7 Å². The summed E-state index contributed by atoms with van der Waals surface area (Å²) in [7, 11) is 0. The average Bonchev–Trinajstić information content (AvgIpc) is 3.44. The molecule has 0 bridgehead atoms. The van der Waals surface area contributed by atoms with E-state index in [4.69, 9.17) is 9.40 Å². The van der Waals surface area contributed by atoms with E-state index >= 15 is 0 Å². The van der Waals surface area contributed by atoms with E-state index in [-0.39, 0.29) is 28.8 Å². The fourth-order valence-electron chi connectivity index (χ4n) is 5.63. The minimum Gasteiger partial charge on any atom is -0.443 e.